The molecule has 0 spiro atoms. The Kier molecular flexibility index (Phi) is 5.22. The Hall–Kier alpha value is -1.84. The molecule has 0 saturated carbocycles. The molecule has 0 unspecified atom stereocenters. The molecular formula is C18H26N2O2. The molecule has 0 aliphatic carbocycles. The second-order valence-corrected chi connectivity index (χ2v) is 6.44. The van der Waals surface area contributed by atoms with Crippen molar-refractivity contribution in [3.05, 3.63) is 29.3 Å². The van der Waals surface area contributed by atoms with Crippen molar-refractivity contribution in [2.24, 2.45) is 5.92 Å². The van der Waals surface area contributed by atoms with Gasteiger partial charge < -0.3 is 9.80 Å². The molecule has 22 heavy (non-hydrogen) atoms. The molecule has 0 bridgehead atoms. The summed E-state index contributed by atoms with van der Waals surface area (Å²) in [5.74, 6) is 0.634. The van der Waals surface area contributed by atoms with E-state index >= 15 is 0 Å². The van der Waals surface area contributed by atoms with Gasteiger partial charge in [-0.05, 0) is 55.9 Å². The third-order valence-electron chi connectivity index (χ3n) is 4.61. The fraction of sp³-hybridized carbons (Fsp3) is 0.556. The summed E-state index contributed by atoms with van der Waals surface area (Å²) in [6.45, 7) is 9.53. The van der Waals surface area contributed by atoms with E-state index < -0.39 is 0 Å². The van der Waals surface area contributed by atoms with Crippen molar-refractivity contribution >= 4 is 17.5 Å². The highest BCUT2D eigenvalue weighted by Crippen LogP contribution is 2.20. The maximum Gasteiger partial charge on any atom is 0.242 e. The Morgan fingerprint density at radius 1 is 1.18 bits per heavy atom. The molecule has 0 N–H and O–H groups in total. The number of piperidine rings is 1. The molecule has 1 aliphatic rings. The number of amides is 2. The Morgan fingerprint density at radius 3 is 2.36 bits per heavy atom. The molecule has 1 fully saturated rings. The van der Waals surface area contributed by atoms with Gasteiger partial charge in [0.2, 0.25) is 11.8 Å². The molecule has 0 radical (unpaired) electrons. The molecule has 120 valence electrons. The monoisotopic (exact) mass is 302 g/mol. The standard InChI is InChI=1S/C18H26N2O2/c1-13-7-9-19(10-8-13)18(22)12-20(16(4)21)17-6-5-14(2)15(3)11-17/h5-6,11,13H,7-10,12H2,1-4H3. The van der Waals surface area contributed by atoms with Crippen molar-refractivity contribution in [3.63, 3.8) is 0 Å². The lowest BCUT2D eigenvalue weighted by molar-refractivity contribution is -0.132. The first-order chi connectivity index (χ1) is 10.4. The maximum absolute atomic E-state index is 12.5. The fourth-order valence-corrected chi connectivity index (χ4v) is 2.77. The second kappa shape index (κ2) is 6.95. The van der Waals surface area contributed by atoms with Gasteiger partial charge in [-0.2, -0.15) is 0 Å². The molecule has 1 aromatic carbocycles. The highest BCUT2D eigenvalue weighted by Gasteiger charge is 2.23. The van der Waals surface area contributed by atoms with Crippen LogP contribution in [-0.4, -0.2) is 36.3 Å². The number of anilines is 1. The Balaban J connectivity index is 2.10. The van der Waals surface area contributed by atoms with Crippen molar-refractivity contribution in [2.75, 3.05) is 24.5 Å². The van der Waals surface area contributed by atoms with Crippen molar-refractivity contribution in [1.82, 2.24) is 4.90 Å². The molecule has 0 atom stereocenters. The van der Waals surface area contributed by atoms with Gasteiger partial charge in [0.15, 0.2) is 0 Å². The van der Waals surface area contributed by atoms with Gasteiger partial charge in [0.1, 0.15) is 6.54 Å². The normalized spacial score (nSPS) is 15.7. The zero-order valence-corrected chi connectivity index (χ0v) is 14.1. The van der Waals surface area contributed by atoms with E-state index in [4.69, 9.17) is 0 Å². The Morgan fingerprint density at radius 2 is 1.82 bits per heavy atom. The lowest BCUT2D eigenvalue weighted by atomic mass is 9.99. The smallest absolute Gasteiger partial charge is 0.242 e. The van der Waals surface area contributed by atoms with Crippen LogP contribution in [0.2, 0.25) is 0 Å². The SMILES string of the molecule is CC(=O)N(CC(=O)N1CCC(C)CC1)c1ccc(C)c(C)c1. The number of benzene rings is 1. The lowest BCUT2D eigenvalue weighted by Crippen LogP contribution is -2.45. The summed E-state index contributed by atoms with van der Waals surface area (Å²) in [7, 11) is 0. The van der Waals surface area contributed by atoms with Crippen LogP contribution >= 0.6 is 0 Å². The average Bonchev–Trinajstić information content (AvgIpc) is 2.48. The van der Waals surface area contributed by atoms with Gasteiger partial charge in [-0.1, -0.05) is 13.0 Å². The van der Waals surface area contributed by atoms with Crippen LogP contribution in [0.3, 0.4) is 0 Å². The number of rotatable bonds is 3. The predicted octanol–water partition coefficient (Wildman–Crippen LogP) is 2.91. The Bertz CT molecular complexity index is 560. The van der Waals surface area contributed by atoms with E-state index in [1.54, 1.807) is 4.90 Å². The molecule has 0 aromatic heterocycles. The van der Waals surface area contributed by atoms with Gasteiger partial charge in [0, 0.05) is 25.7 Å². The van der Waals surface area contributed by atoms with E-state index in [0.29, 0.717) is 5.92 Å². The van der Waals surface area contributed by atoms with Gasteiger partial charge in [-0.3, -0.25) is 9.59 Å². The van der Waals surface area contributed by atoms with Gasteiger partial charge in [-0.15, -0.1) is 0 Å². The summed E-state index contributed by atoms with van der Waals surface area (Å²) in [5.41, 5.74) is 3.11. The third-order valence-corrected chi connectivity index (χ3v) is 4.61. The predicted molar refractivity (Wildman–Crippen MR) is 88.9 cm³/mol. The quantitative estimate of drug-likeness (QED) is 0.861. The number of aryl methyl sites for hydroxylation is 2. The van der Waals surface area contributed by atoms with Crippen LogP contribution in [0.25, 0.3) is 0 Å². The molecule has 2 amide bonds. The minimum atomic E-state index is -0.0954. The number of carbonyl (C=O) groups excluding carboxylic acids is 2. The summed E-state index contributed by atoms with van der Waals surface area (Å²) in [5, 5.41) is 0. The van der Waals surface area contributed by atoms with Gasteiger partial charge in [0.25, 0.3) is 0 Å². The van der Waals surface area contributed by atoms with Crippen LogP contribution < -0.4 is 4.90 Å². The van der Waals surface area contributed by atoms with E-state index in [9.17, 15) is 9.59 Å². The summed E-state index contributed by atoms with van der Waals surface area (Å²) in [4.78, 5) is 27.9. The van der Waals surface area contributed by atoms with Gasteiger partial charge in [0.05, 0.1) is 0 Å². The van der Waals surface area contributed by atoms with Crippen molar-refractivity contribution in [3.8, 4) is 0 Å². The first kappa shape index (κ1) is 16.5. The summed E-state index contributed by atoms with van der Waals surface area (Å²) < 4.78 is 0. The van der Waals surface area contributed by atoms with Crippen molar-refractivity contribution < 1.29 is 9.59 Å². The van der Waals surface area contributed by atoms with Crippen LogP contribution in [0.4, 0.5) is 5.69 Å². The summed E-state index contributed by atoms with van der Waals surface area (Å²) in [6, 6.07) is 5.88. The Labute approximate surface area is 133 Å². The highest BCUT2D eigenvalue weighted by atomic mass is 16.2. The van der Waals surface area contributed by atoms with Crippen LogP contribution in [0.5, 0.6) is 0 Å². The fourth-order valence-electron chi connectivity index (χ4n) is 2.77. The molecular weight excluding hydrogens is 276 g/mol. The third kappa shape index (κ3) is 3.87. The van der Waals surface area contributed by atoms with Crippen LogP contribution in [0.15, 0.2) is 18.2 Å². The second-order valence-electron chi connectivity index (χ2n) is 6.44. The van der Waals surface area contributed by atoms with E-state index in [1.807, 2.05) is 36.9 Å². The van der Waals surface area contributed by atoms with Crippen molar-refractivity contribution in [1.29, 1.82) is 0 Å². The zero-order chi connectivity index (χ0) is 16.3. The van der Waals surface area contributed by atoms with Crippen LogP contribution in [0.1, 0.15) is 37.8 Å². The van der Waals surface area contributed by atoms with E-state index in [2.05, 4.69) is 6.92 Å². The number of hydrogen-bond acceptors (Lipinski definition) is 2. The number of likely N-dealkylation sites (tertiary alicyclic amines) is 1. The molecule has 1 heterocycles. The zero-order valence-electron chi connectivity index (χ0n) is 14.1. The molecule has 1 aliphatic heterocycles. The lowest BCUT2D eigenvalue weighted by Gasteiger charge is -2.32. The van der Waals surface area contributed by atoms with E-state index in [-0.39, 0.29) is 18.4 Å². The number of carbonyl (C=O) groups is 2. The molecule has 1 aromatic rings. The van der Waals surface area contributed by atoms with Gasteiger partial charge >= 0.3 is 0 Å². The topological polar surface area (TPSA) is 40.6 Å². The number of nitrogens with zero attached hydrogens (tertiary/aromatic N) is 2. The number of hydrogen-bond donors (Lipinski definition) is 0. The highest BCUT2D eigenvalue weighted by molar-refractivity contribution is 5.97. The van der Waals surface area contributed by atoms with E-state index in [1.165, 1.54) is 12.5 Å². The van der Waals surface area contributed by atoms with Crippen molar-refractivity contribution in [2.45, 2.75) is 40.5 Å². The van der Waals surface area contributed by atoms with Crippen LogP contribution in [-0.2, 0) is 9.59 Å². The largest absolute Gasteiger partial charge is 0.341 e. The van der Waals surface area contributed by atoms with Gasteiger partial charge in [-0.25, -0.2) is 0 Å². The minimum absolute atomic E-state index is 0.0420. The molecule has 1 saturated heterocycles. The molecule has 4 heteroatoms. The minimum Gasteiger partial charge on any atom is -0.341 e. The molecule has 4 nitrogen and oxygen atoms in total. The van der Waals surface area contributed by atoms with Crippen LogP contribution in [0, 0.1) is 19.8 Å². The van der Waals surface area contributed by atoms with E-state index in [0.717, 1.165) is 37.2 Å². The first-order valence-corrected chi connectivity index (χ1v) is 8.01. The molecule has 2 rings (SSSR count). The summed E-state index contributed by atoms with van der Waals surface area (Å²) in [6.07, 6.45) is 2.10. The average molecular weight is 302 g/mol. The maximum atomic E-state index is 12.5. The summed E-state index contributed by atoms with van der Waals surface area (Å²) >= 11 is 0. The first-order valence-electron chi connectivity index (χ1n) is 8.01.